The van der Waals surface area contributed by atoms with Crippen LogP contribution in [0.25, 0.3) is 0 Å². The number of hydrogen-bond acceptors (Lipinski definition) is 7. The second-order valence-corrected chi connectivity index (χ2v) is 19.6. The van der Waals surface area contributed by atoms with Gasteiger partial charge in [0.05, 0.1) is 0 Å². The average molecular weight is 701 g/mol. The van der Waals surface area contributed by atoms with E-state index in [1.165, 1.54) is 50.5 Å². The van der Waals surface area contributed by atoms with Crippen molar-refractivity contribution >= 4 is 18.0 Å². The van der Waals surface area contributed by atoms with Gasteiger partial charge in [-0.05, 0) is 152 Å². The van der Waals surface area contributed by atoms with E-state index >= 15 is 0 Å². The highest BCUT2D eigenvalue weighted by Gasteiger charge is 2.61. The van der Waals surface area contributed by atoms with Crippen molar-refractivity contribution in [3.8, 4) is 0 Å². The zero-order valence-electron chi connectivity index (χ0n) is 33.5. The first-order chi connectivity index (χ1) is 23.1. The zero-order chi connectivity index (χ0) is 37.4. The molecule has 2 amide bonds. The Morgan fingerprint density at radius 3 is 2.06 bits per heavy atom. The topological polar surface area (TPSA) is 119 Å². The third-order valence-corrected chi connectivity index (χ3v) is 13.3. The number of nitrogens with zero attached hydrogens (tertiary/aromatic N) is 1. The Morgan fingerprint density at radius 1 is 0.880 bits per heavy atom. The molecule has 1 unspecified atom stereocenters. The standard InChI is InChI=1S/C42H72N2O6/c1-27(2)14-12-15-28(3)31-19-20-32-30-18-17-29-26-42(48,24-23-40(29,10)33(30)21-22-41(31,32)11)35(45)34(16-13-25-43)44(36(46)49-38(4,5)6)37(47)50-39(7,8)9/h17,27-28,30-34,48H,12-16,18-26,43H2,1-11H3/t28-,30+,31-,32+,33+,34?,40+,41-,42-/m1/s1. The molecular weight excluding hydrogens is 628 g/mol. The van der Waals surface area contributed by atoms with E-state index in [-0.39, 0.29) is 31.2 Å². The van der Waals surface area contributed by atoms with Gasteiger partial charge in [-0.25, -0.2) is 14.5 Å². The lowest BCUT2D eigenvalue weighted by atomic mass is 9.46. The first-order valence-electron chi connectivity index (χ1n) is 20.0. The summed E-state index contributed by atoms with van der Waals surface area (Å²) in [5.74, 6) is 3.66. The number of ketones is 1. The van der Waals surface area contributed by atoms with Crippen molar-refractivity contribution in [2.45, 2.75) is 182 Å². The van der Waals surface area contributed by atoms with Gasteiger partial charge in [-0.15, -0.1) is 0 Å². The first-order valence-corrected chi connectivity index (χ1v) is 20.0. The Labute approximate surface area is 304 Å². The van der Waals surface area contributed by atoms with E-state index in [9.17, 15) is 19.5 Å². The number of fused-ring (bicyclic) bond motifs is 5. The SMILES string of the molecule is CC(C)CCC[C@@H](C)[C@H]1CC[C@H]2[C@@H]3CC=C4C[C@@](O)(C(=O)C(CCCN)N(C(=O)OC(C)(C)C)C(=O)OC(C)(C)C)CC[C@]4(C)[C@H]3CC[C@]12C. The number of hydrogen-bond donors (Lipinski definition) is 2. The molecule has 9 atom stereocenters. The van der Waals surface area contributed by atoms with Gasteiger partial charge < -0.3 is 20.3 Å². The summed E-state index contributed by atoms with van der Waals surface area (Å²) in [6.45, 7) is 22.7. The Balaban J connectivity index is 1.58. The monoisotopic (exact) mass is 701 g/mol. The largest absolute Gasteiger partial charge is 0.443 e. The summed E-state index contributed by atoms with van der Waals surface area (Å²) in [4.78, 5) is 42.6. The zero-order valence-corrected chi connectivity index (χ0v) is 33.5. The quantitative estimate of drug-likeness (QED) is 0.206. The molecule has 50 heavy (non-hydrogen) atoms. The number of amides is 2. The number of imide groups is 1. The number of carbonyl (C=O) groups excluding carboxylic acids is 3. The number of allylic oxidation sites excluding steroid dienone is 1. The van der Waals surface area contributed by atoms with Crippen molar-refractivity contribution in [2.24, 2.45) is 52.1 Å². The maximum absolute atomic E-state index is 14.6. The van der Waals surface area contributed by atoms with E-state index in [0.29, 0.717) is 36.0 Å². The van der Waals surface area contributed by atoms with Crippen LogP contribution in [0.5, 0.6) is 0 Å². The molecule has 0 aromatic heterocycles. The molecule has 0 heterocycles. The second-order valence-electron chi connectivity index (χ2n) is 19.6. The predicted octanol–water partition coefficient (Wildman–Crippen LogP) is 9.61. The van der Waals surface area contributed by atoms with Gasteiger partial charge in [0.25, 0.3) is 0 Å². The molecule has 286 valence electrons. The van der Waals surface area contributed by atoms with Crippen LogP contribution in [-0.2, 0) is 14.3 Å². The van der Waals surface area contributed by atoms with Crippen LogP contribution < -0.4 is 5.73 Å². The lowest BCUT2D eigenvalue weighted by Gasteiger charge is -2.59. The highest BCUT2D eigenvalue weighted by molar-refractivity contribution is 6.00. The van der Waals surface area contributed by atoms with Crippen molar-refractivity contribution in [2.75, 3.05) is 6.54 Å². The van der Waals surface area contributed by atoms with Crippen molar-refractivity contribution in [3.05, 3.63) is 11.6 Å². The third kappa shape index (κ3) is 8.64. The number of nitrogens with two attached hydrogens (primary N) is 1. The summed E-state index contributed by atoms with van der Waals surface area (Å²) < 4.78 is 11.3. The minimum absolute atomic E-state index is 0.0828. The average Bonchev–Trinajstić information content (AvgIpc) is 3.34. The van der Waals surface area contributed by atoms with E-state index in [1.807, 2.05) is 0 Å². The second kappa shape index (κ2) is 15.2. The highest BCUT2D eigenvalue weighted by atomic mass is 16.6. The molecule has 3 N–H and O–H groups in total. The van der Waals surface area contributed by atoms with Gasteiger partial charge in [0.2, 0.25) is 0 Å². The Hall–Kier alpha value is -1.93. The molecule has 4 aliphatic rings. The number of ether oxygens (including phenoxy) is 2. The minimum Gasteiger partial charge on any atom is -0.443 e. The fourth-order valence-corrected chi connectivity index (χ4v) is 10.8. The van der Waals surface area contributed by atoms with E-state index in [2.05, 4.69) is 40.7 Å². The molecule has 0 saturated heterocycles. The van der Waals surface area contributed by atoms with Crippen LogP contribution in [0.1, 0.15) is 160 Å². The number of carbonyl (C=O) groups is 3. The summed E-state index contributed by atoms with van der Waals surface area (Å²) in [5, 5.41) is 12.3. The molecule has 0 aromatic carbocycles. The maximum Gasteiger partial charge on any atom is 0.420 e. The fourth-order valence-electron chi connectivity index (χ4n) is 10.8. The summed E-state index contributed by atoms with van der Waals surface area (Å²) in [6.07, 6.45) is 12.2. The Morgan fingerprint density at radius 2 is 1.50 bits per heavy atom. The number of aliphatic hydroxyl groups is 1. The predicted molar refractivity (Wildman–Crippen MR) is 199 cm³/mol. The smallest absolute Gasteiger partial charge is 0.420 e. The highest BCUT2D eigenvalue weighted by Crippen LogP contribution is 2.68. The molecule has 3 fully saturated rings. The van der Waals surface area contributed by atoms with Crippen molar-refractivity contribution in [1.29, 1.82) is 0 Å². The molecule has 4 rings (SSSR count). The van der Waals surface area contributed by atoms with E-state index < -0.39 is 40.8 Å². The van der Waals surface area contributed by atoms with Crippen molar-refractivity contribution in [1.82, 2.24) is 4.90 Å². The molecule has 3 saturated carbocycles. The molecule has 0 aromatic rings. The van der Waals surface area contributed by atoms with Gasteiger partial charge in [-0.1, -0.05) is 65.5 Å². The van der Waals surface area contributed by atoms with Crippen LogP contribution >= 0.6 is 0 Å². The summed E-state index contributed by atoms with van der Waals surface area (Å²) in [5.41, 5.74) is 3.81. The number of rotatable bonds is 11. The van der Waals surface area contributed by atoms with Gasteiger partial charge >= 0.3 is 12.2 Å². The summed E-state index contributed by atoms with van der Waals surface area (Å²) in [6, 6.07) is -1.26. The van der Waals surface area contributed by atoms with E-state index in [4.69, 9.17) is 15.2 Å². The van der Waals surface area contributed by atoms with Gasteiger partial charge in [-0.2, -0.15) is 0 Å². The molecule has 8 heteroatoms. The van der Waals surface area contributed by atoms with Gasteiger partial charge in [0.15, 0.2) is 5.78 Å². The van der Waals surface area contributed by atoms with Gasteiger partial charge in [0, 0.05) is 6.42 Å². The van der Waals surface area contributed by atoms with Crippen molar-refractivity contribution < 1.29 is 29.0 Å². The van der Waals surface area contributed by atoms with E-state index in [1.54, 1.807) is 41.5 Å². The molecule has 4 aliphatic carbocycles. The van der Waals surface area contributed by atoms with Crippen LogP contribution in [0.2, 0.25) is 0 Å². The number of Topliss-reactive ketones (excluding diaryl/α,β-unsaturated/α-hetero) is 1. The molecule has 0 radical (unpaired) electrons. The Bertz CT molecular complexity index is 1240. The normalized spacial score (nSPS) is 33.8. The van der Waals surface area contributed by atoms with Crippen LogP contribution in [0, 0.1) is 46.3 Å². The van der Waals surface area contributed by atoms with Crippen LogP contribution in [0.4, 0.5) is 9.59 Å². The molecular formula is C42H72N2O6. The van der Waals surface area contributed by atoms with E-state index in [0.717, 1.165) is 29.1 Å². The molecule has 0 aliphatic heterocycles. The molecule has 8 nitrogen and oxygen atoms in total. The summed E-state index contributed by atoms with van der Waals surface area (Å²) in [7, 11) is 0. The molecule has 0 bridgehead atoms. The lowest BCUT2D eigenvalue weighted by molar-refractivity contribution is -0.148. The Kier molecular flexibility index (Phi) is 12.4. The van der Waals surface area contributed by atoms with Crippen LogP contribution in [0.15, 0.2) is 11.6 Å². The fraction of sp³-hybridized carbons (Fsp3) is 0.881. The lowest BCUT2D eigenvalue weighted by Crippen LogP contribution is -2.60. The summed E-state index contributed by atoms with van der Waals surface area (Å²) >= 11 is 0. The third-order valence-electron chi connectivity index (χ3n) is 13.3. The maximum atomic E-state index is 14.6. The van der Waals surface area contributed by atoms with Crippen molar-refractivity contribution in [3.63, 3.8) is 0 Å². The molecule has 0 spiro atoms. The van der Waals surface area contributed by atoms with Crippen LogP contribution in [-0.4, -0.2) is 57.4 Å². The minimum atomic E-state index is -1.72. The van der Waals surface area contributed by atoms with Crippen LogP contribution in [0.3, 0.4) is 0 Å². The first kappa shape index (κ1) is 40.8. The van der Waals surface area contributed by atoms with Gasteiger partial charge in [-0.3, -0.25) is 4.79 Å². The van der Waals surface area contributed by atoms with Gasteiger partial charge in [0.1, 0.15) is 22.8 Å².